The molecule has 2 aromatic rings. The van der Waals surface area contributed by atoms with Crippen molar-refractivity contribution in [3.8, 4) is 0 Å². The first kappa shape index (κ1) is 26.3. The molecule has 0 aliphatic carbocycles. The van der Waals surface area contributed by atoms with Gasteiger partial charge in [-0.3, -0.25) is 4.79 Å². The van der Waals surface area contributed by atoms with E-state index in [-0.39, 0.29) is 16.6 Å². The second-order valence-corrected chi connectivity index (χ2v) is 12.6. The van der Waals surface area contributed by atoms with E-state index in [1.807, 2.05) is 36.4 Å². The van der Waals surface area contributed by atoms with Crippen LogP contribution in [-0.2, 0) is 20.9 Å². The number of piperidine rings is 1. The Morgan fingerprint density at radius 2 is 1.12 bits per heavy atom. The van der Waals surface area contributed by atoms with Crippen molar-refractivity contribution in [3.63, 3.8) is 0 Å². The van der Waals surface area contributed by atoms with Crippen LogP contribution >= 0.6 is 0 Å². The van der Waals surface area contributed by atoms with Gasteiger partial charge in [0.1, 0.15) is 0 Å². The van der Waals surface area contributed by atoms with E-state index in [1.54, 1.807) is 23.4 Å². The third-order valence-electron chi connectivity index (χ3n) is 5.83. The summed E-state index contributed by atoms with van der Waals surface area (Å²) in [4.78, 5) is 11.4. The van der Waals surface area contributed by atoms with Crippen molar-refractivity contribution in [1.82, 2.24) is 4.31 Å². The van der Waals surface area contributed by atoms with E-state index in [0.29, 0.717) is 18.0 Å². The molecular weight excluding hydrogens is 418 g/mol. The van der Waals surface area contributed by atoms with Crippen LogP contribution in [0.2, 0.25) is 0 Å². The van der Waals surface area contributed by atoms with E-state index in [9.17, 15) is 13.2 Å². The maximum atomic E-state index is 12.5. The second kappa shape index (κ2) is 10.3. The summed E-state index contributed by atoms with van der Waals surface area (Å²) < 4.78 is 26.6. The molecule has 5 heteroatoms. The topological polar surface area (TPSA) is 54.5 Å². The number of nitrogens with zero attached hydrogens (tertiary/aromatic N) is 1. The molecule has 3 rings (SSSR count). The highest BCUT2D eigenvalue weighted by molar-refractivity contribution is 7.89. The molecule has 1 heterocycles. The Kier molecular flexibility index (Phi) is 8.46. The average Bonchev–Trinajstić information content (AvgIpc) is 2.74. The van der Waals surface area contributed by atoms with Crippen LogP contribution in [0.15, 0.2) is 53.4 Å². The summed E-state index contributed by atoms with van der Waals surface area (Å²) >= 11 is 0. The number of benzene rings is 2. The molecule has 1 fully saturated rings. The van der Waals surface area contributed by atoms with Gasteiger partial charge in [-0.1, -0.05) is 84.4 Å². The van der Waals surface area contributed by atoms with Crippen molar-refractivity contribution in [2.75, 3.05) is 13.1 Å². The van der Waals surface area contributed by atoms with Crippen LogP contribution in [0.4, 0.5) is 0 Å². The molecular formula is C27H39NO3S. The molecule has 176 valence electrons. The Balaban J connectivity index is 0.000000244. The molecule has 32 heavy (non-hydrogen) atoms. The van der Waals surface area contributed by atoms with Gasteiger partial charge in [0.05, 0.1) is 4.90 Å². The van der Waals surface area contributed by atoms with Crippen molar-refractivity contribution in [1.29, 1.82) is 0 Å². The molecule has 0 saturated carbocycles. The molecule has 0 unspecified atom stereocenters. The summed E-state index contributed by atoms with van der Waals surface area (Å²) in [5.41, 5.74) is 3.42. The van der Waals surface area contributed by atoms with Crippen LogP contribution in [0.5, 0.6) is 0 Å². The number of carbonyl (C=O) groups excluding carboxylic acids is 1. The second-order valence-electron chi connectivity index (χ2n) is 10.6. The Morgan fingerprint density at radius 1 is 0.719 bits per heavy atom. The van der Waals surface area contributed by atoms with Gasteiger partial charge >= 0.3 is 0 Å². The van der Waals surface area contributed by atoms with Crippen molar-refractivity contribution in [2.24, 2.45) is 0 Å². The molecule has 0 atom stereocenters. The fraction of sp³-hybridized carbons (Fsp3) is 0.519. The smallest absolute Gasteiger partial charge is 0.243 e. The van der Waals surface area contributed by atoms with Gasteiger partial charge in [-0.15, -0.1) is 0 Å². The molecule has 2 aromatic carbocycles. The minimum atomic E-state index is -3.29. The Labute approximate surface area is 195 Å². The zero-order chi connectivity index (χ0) is 24.2. The predicted molar refractivity (Wildman–Crippen MR) is 133 cm³/mol. The van der Waals surface area contributed by atoms with E-state index < -0.39 is 10.0 Å². The summed E-state index contributed by atoms with van der Waals surface area (Å²) in [6.45, 7) is 15.8. The van der Waals surface area contributed by atoms with E-state index in [4.69, 9.17) is 0 Å². The molecule has 0 radical (unpaired) electrons. The molecule has 4 nitrogen and oxygen atoms in total. The molecule has 0 N–H and O–H groups in total. The third-order valence-corrected chi connectivity index (χ3v) is 7.74. The highest BCUT2D eigenvalue weighted by Crippen LogP contribution is 2.26. The van der Waals surface area contributed by atoms with Gasteiger partial charge < -0.3 is 0 Å². The molecule has 0 bridgehead atoms. The number of rotatable bonds is 3. The van der Waals surface area contributed by atoms with Crippen LogP contribution in [0.1, 0.15) is 89.2 Å². The lowest BCUT2D eigenvalue weighted by atomic mass is 9.86. The van der Waals surface area contributed by atoms with Gasteiger partial charge in [0.25, 0.3) is 0 Å². The predicted octanol–water partition coefficient (Wildman–Crippen LogP) is 6.35. The highest BCUT2D eigenvalue weighted by atomic mass is 32.2. The lowest BCUT2D eigenvalue weighted by molar-refractivity contribution is 0.101. The van der Waals surface area contributed by atoms with Crippen LogP contribution < -0.4 is 0 Å². The minimum absolute atomic E-state index is 0.0490. The summed E-state index contributed by atoms with van der Waals surface area (Å²) in [6, 6.07) is 15.2. The highest BCUT2D eigenvalue weighted by Gasteiger charge is 2.26. The first-order valence-corrected chi connectivity index (χ1v) is 12.9. The number of hydrogen-bond acceptors (Lipinski definition) is 3. The van der Waals surface area contributed by atoms with Gasteiger partial charge in [-0.25, -0.2) is 8.42 Å². The van der Waals surface area contributed by atoms with Crippen LogP contribution in [0.3, 0.4) is 0 Å². The third kappa shape index (κ3) is 7.01. The van der Waals surface area contributed by atoms with Crippen molar-refractivity contribution >= 4 is 15.8 Å². The van der Waals surface area contributed by atoms with Crippen LogP contribution in [-0.4, -0.2) is 31.6 Å². The monoisotopic (exact) mass is 457 g/mol. The Morgan fingerprint density at radius 3 is 1.50 bits per heavy atom. The van der Waals surface area contributed by atoms with Crippen molar-refractivity contribution in [2.45, 2.75) is 83.5 Å². The first-order chi connectivity index (χ1) is 14.7. The summed E-state index contributed by atoms with van der Waals surface area (Å²) in [6.07, 6.45) is 3.08. The van der Waals surface area contributed by atoms with Crippen LogP contribution in [0, 0.1) is 0 Å². The minimum Gasteiger partial charge on any atom is -0.295 e. The molecule has 0 spiro atoms. The Bertz CT molecular complexity index is 987. The fourth-order valence-corrected chi connectivity index (χ4v) is 5.10. The number of sulfonamides is 1. The standard InChI is InChI=1S/C15H23NO2S.C12H16O/c1-15(2,3)13-7-9-14(10-8-13)19(17,18)16-11-5-4-6-12-16;1-9(13)10-5-7-11(8-6-10)12(2,3)4/h7-10H,4-6,11-12H2,1-3H3;5-8H,1-4H3. The van der Waals surface area contributed by atoms with Gasteiger partial charge in [-0.2, -0.15) is 4.31 Å². The summed E-state index contributed by atoms with van der Waals surface area (Å²) in [5.74, 6) is 0.125. The normalized spacial score (nSPS) is 15.6. The van der Waals surface area contributed by atoms with Gasteiger partial charge in [-0.05, 0) is 53.9 Å². The lowest BCUT2D eigenvalue weighted by Crippen LogP contribution is -2.35. The largest absolute Gasteiger partial charge is 0.295 e. The maximum absolute atomic E-state index is 12.5. The molecule has 1 aliphatic rings. The number of ketones is 1. The van der Waals surface area contributed by atoms with E-state index in [2.05, 4.69) is 41.5 Å². The van der Waals surface area contributed by atoms with Gasteiger partial charge in [0.2, 0.25) is 10.0 Å². The molecule has 1 saturated heterocycles. The maximum Gasteiger partial charge on any atom is 0.243 e. The quantitative estimate of drug-likeness (QED) is 0.505. The molecule has 0 aromatic heterocycles. The zero-order valence-corrected chi connectivity index (χ0v) is 21.6. The average molecular weight is 458 g/mol. The van der Waals surface area contributed by atoms with E-state index in [1.165, 1.54) is 5.56 Å². The SMILES string of the molecule is CC(=O)c1ccc(C(C)(C)C)cc1.CC(C)(C)c1ccc(S(=O)(=O)N2CCCCC2)cc1. The van der Waals surface area contributed by atoms with Crippen LogP contribution in [0.25, 0.3) is 0 Å². The number of Topliss-reactive ketones (excluding diaryl/α,β-unsaturated/α-hetero) is 1. The summed E-state index contributed by atoms with van der Waals surface area (Å²) in [5, 5.41) is 0. The molecule has 0 amide bonds. The van der Waals surface area contributed by atoms with E-state index >= 15 is 0 Å². The Hall–Kier alpha value is -1.98. The number of carbonyl (C=O) groups is 1. The zero-order valence-electron chi connectivity index (χ0n) is 20.7. The molecule has 1 aliphatic heterocycles. The van der Waals surface area contributed by atoms with Crippen molar-refractivity contribution < 1.29 is 13.2 Å². The first-order valence-electron chi connectivity index (χ1n) is 11.4. The van der Waals surface area contributed by atoms with E-state index in [0.717, 1.165) is 30.4 Å². The lowest BCUT2D eigenvalue weighted by Gasteiger charge is -2.26. The van der Waals surface area contributed by atoms with Crippen molar-refractivity contribution in [3.05, 3.63) is 65.2 Å². The van der Waals surface area contributed by atoms with Gasteiger partial charge in [0.15, 0.2) is 5.78 Å². The number of hydrogen-bond donors (Lipinski definition) is 0. The summed E-state index contributed by atoms with van der Waals surface area (Å²) in [7, 11) is -3.29. The van der Waals surface area contributed by atoms with Gasteiger partial charge in [0, 0.05) is 18.7 Å². The fourth-order valence-electron chi connectivity index (χ4n) is 3.59.